The van der Waals surface area contributed by atoms with E-state index in [0.29, 0.717) is 0 Å². The Morgan fingerprint density at radius 1 is 0.105 bits per heavy atom. The maximum atomic E-state index is 6.40. The molecule has 0 aliphatic rings. The van der Waals surface area contributed by atoms with Crippen LogP contribution in [-0.4, -0.2) is 27.4 Å². The third kappa shape index (κ3) is 12.6. The van der Waals surface area contributed by atoms with Crippen molar-refractivity contribution in [3.63, 3.8) is 0 Å². The van der Waals surface area contributed by atoms with E-state index >= 15 is 0 Å². The standard InChI is InChI=1S/C48H30N2O.C46H28N2O.C40H24N2O/c1-3-12-31(13-4-1)33-14-11-15-34(26-33)32-22-24-36(25-23-32)49-43-20-9-7-18-37(43)39-27-40-41-28-42-38-19-8-10-21-47(38)51-48(42)30-46(41)50(45(40)29-44(39)49)35-16-5-2-6-17-35;1-2-12-33(13-3-1)48-43-27-42-37(25-38(43)39-26-40-36-15-7-9-17-45(36)49-46(40)28-44(39)48)35-14-6-8-16-41(35)47(42)34-22-20-30(21-23-34)32-19-18-29-10-4-5-11-31(29)24-32;1-2-12-27(13-3-1)41-37-23-36-31(21-32(37)33-22-34-30-15-7-9-17-39(30)43-40(34)24-38(33)41)29-14-6-8-16-35(29)42(36)28-19-18-25-10-4-5-11-26(25)20-28/h1-30H;1-28H;1-24H. The average Bonchev–Trinajstić information content (AvgIpc) is 1.55. The Labute approximate surface area is 818 Å². The van der Waals surface area contributed by atoms with Crippen molar-refractivity contribution in [3.05, 3.63) is 497 Å². The molecule has 9 nitrogen and oxygen atoms in total. The van der Waals surface area contributed by atoms with Crippen LogP contribution >= 0.6 is 0 Å². The number of rotatable bonds is 9. The zero-order valence-electron chi connectivity index (χ0n) is 77.3. The number of aromatic nitrogens is 6. The van der Waals surface area contributed by atoms with Crippen molar-refractivity contribution in [2.75, 3.05) is 0 Å². The molecule has 9 aromatic heterocycles. The van der Waals surface area contributed by atoms with Crippen LogP contribution in [0.3, 0.4) is 0 Å². The van der Waals surface area contributed by atoms with Crippen LogP contribution in [0.4, 0.5) is 0 Å². The number of hydrogen-bond acceptors (Lipinski definition) is 3. The molecule has 143 heavy (non-hydrogen) atoms. The Morgan fingerprint density at radius 3 is 0.720 bits per heavy atom. The Morgan fingerprint density at radius 2 is 0.343 bits per heavy atom. The molecule has 0 bridgehead atoms. The summed E-state index contributed by atoms with van der Waals surface area (Å²) < 4.78 is 33.6. The normalized spacial score (nSPS) is 12.1. The van der Waals surface area contributed by atoms with Gasteiger partial charge in [-0.3, -0.25) is 0 Å². The van der Waals surface area contributed by atoms with Crippen molar-refractivity contribution in [2.45, 2.75) is 0 Å². The first-order valence-electron chi connectivity index (χ1n) is 48.9. The van der Waals surface area contributed by atoms with Crippen molar-refractivity contribution in [3.8, 4) is 67.5 Å². The second-order valence-electron chi connectivity index (χ2n) is 37.8. The number of furan rings is 3. The molecular weight excluding hydrogens is 1740 g/mol. The third-order valence-electron chi connectivity index (χ3n) is 29.8. The highest BCUT2D eigenvalue weighted by Crippen LogP contribution is 2.49. The lowest BCUT2D eigenvalue weighted by Crippen LogP contribution is -1.96. The monoisotopic (exact) mass is 1820 g/mol. The van der Waals surface area contributed by atoms with E-state index in [1.165, 1.54) is 169 Å². The minimum absolute atomic E-state index is 0.901. The minimum atomic E-state index is 0.901. The molecule has 0 saturated carbocycles. The van der Waals surface area contributed by atoms with Crippen LogP contribution in [0.1, 0.15) is 0 Å². The molecule has 23 aromatic carbocycles. The van der Waals surface area contributed by atoms with Crippen LogP contribution in [0.5, 0.6) is 0 Å². The lowest BCUT2D eigenvalue weighted by molar-refractivity contribution is 0.669. The zero-order chi connectivity index (χ0) is 93.6. The van der Waals surface area contributed by atoms with Crippen molar-refractivity contribution in [1.82, 2.24) is 27.4 Å². The molecule has 9 heterocycles. The molecule has 666 valence electrons. The van der Waals surface area contributed by atoms with E-state index in [1.54, 1.807) is 0 Å². The maximum Gasteiger partial charge on any atom is 0.137 e. The largest absolute Gasteiger partial charge is 0.456 e. The molecule has 0 aliphatic heterocycles. The van der Waals surface area contributed by atoms with Gasteiger partial charge in [-0.1, -0.05) is 303 Å². The van der Waals surface area contributed by atoms with E-state index in [-0.39, 0.29) is 0 Å². The first-order valence-corrected chi connectivity index (χ1v) is 48.9. The lowest BCUT2D eigenvalue weighted by atomic mass is 9.99. The summed E-state index contributed by atoms with van der Waals surface area (Å²) in [5.74, 6) is 0. The van der Waals surface area contributed by atoms with Gasteiger partial charge in [0, 0.05) is 149 Å². The Hall–Kier alpha value is -19.2. The van der Waals surface area contributed by atoms with Gasteiger partial charge in [-0.05, 0) is 231 Å². The fourth-order valence-corrected chi connectivity index (χ4v) is 23.3. The summed E-state index contributed by atoms with van der Waals surface area (Å²) in [7, 11) is 0. The van der Waals surface area contributed by atoms with Crippen molar-refractivity contribution >= 4 is 218 Å². The van der Waals surface area contributed by atoms with Gasteiger partial charge < -0.3 is 40.7 Å². The molecule has 0 unspecified atom stereocenters. The number of para-hydroxylation sites is 9. The van der Waals surface area contributed by atoms with E-state index in [4.69, 9.17) is 13.3 Å². The van der Waals surface area contributed by atoms with E-state index in [1.807, 2.05) is 18.2 Å². The summed E-state index contributed by atoms with van der Waals surface area (Å²) in [5.41, 5.74) is 33.6. The van der Waals surface area contributed by atoms with Crippen LogP contribution in [0, 0.1) is 0 Å². The van der Waals surface area contributed by atoms with Crippen LogP contribution in [-0.2, 0) is 0 Å². The van der Waals surface area contributed by atoms with Gasteiger partial charge in [-0.2, -0.15) is 0 Å². The number of fused-ring (bicyclic) bond motifs is 29. The average molecular weight is 1820 g/mol. The highest BCUT2D eigenvalue weighted by Gasteiger charge is 2.27. The topological polar surface area (TPSA) is 69.0 Å². The van der Waals surface area contributed by atoms with Gasteiger partial charge in [-0.15, -0.1) is 0 Å². The zero-order valence-corrected chi connectivity index (χ0v) is 77.3. The summed E-state index contributed by atoms with van der Waals surface area (Å²) in [6, 6.07) is 179. The molecule has 0 spiro atoms. The maximum absolute atomic E-state index is 6.40. The van der Waals surface area contributed by atoms with Crippen LogP contribution < -0.4 is 0 Å². The van der Waals surface area contributed by atoms with Crippen LogP contribution in [0.2, 0.25) is 0 Å². The number of benzene rings is 23. The van der Waals surface area contributed by atoms with Crippen molar-refractivity contribution in [2.24, 2.45) is 0 Å². The van der Waals surface area contributed by atoms with E-state index < -0.39 is 0 Å². The summed E-state index contributed by atoms with van der Waals surface area (Å²) in [6.45, 7) is 0. The molecule has 0 fully saturated rings. The summed E-state index contributed by atoms with van der Waals surface area (Å²) in [5, 5.41) is 26.7. The summed E-state index contributed by atoms with van der Waals surface area (Å²) in [6.07, 6.45) is 0. The van der Waals surface area contributed by atoms with Gasteiger partial charge in [0.2, 0.25) is 0 Å². The quantitative estimate of drug-likeness (QED) is 0.145. The first kappa shape index (κ1) is 79.9. The van der Waals surface area contributed by atoms with E-state index in [2.05, 4.69) is 507 Å². The number of nitrogens with zero attached hydrogens (tertiary/aromatic N) is 6. The van der Waals surface area contributed by atoms with Gasteiger partial charge in [0.1, 0.15) is 33.5 Å². The summed E-state index contributed by atoms with van der Waals surface area (Å²) in [4.78, 5) is 0. The van der Waals surface area contributed by atoms with Crippen LogP contribution in [0.25, 0.3) is 286 Å². The fraction of sp³-hybridized carbons (Fsp3) is 0. The Kier molecular flexibility index (Phi) is 17.7. The molecule has 0 amide bonds. The first-order chi connectivity index (χ1) is 70.9. The minimum Gasteiger partial charge on any atom is -0.456 e. The Bertz CT molecular complexity index is 10900. The predicted molar refractivity (Wildman–Crippen MR) is 599 cm³/mol. The summed E-state index contributed by atoms with van der Waals surface area (Å²) >= 11 is 0. The van der Waals surface area contributed by atoms with Crippen LogP contribution in [0.15, 0.2) is 511 Å². The predicted octanol–water partition coefficient (Wildman–Crippen LogP) is 36.6. The second kappa shape index (κ2) is 31.7. The Balaban J connectivity index is 0.000000100. The van der Waals surface area contributed by atoms with Gasteiger partial charge in [-0.25, -0.2) is 0 Å². The van der Waals surface area contributed by atoms with Gasteiger partial charge in [0.05, 0.1) is 66.2 Å². The SMILES string of the molecule is c1ccc(-c2cccc(-c3ccc(-n4c5ccccc5c5cc6c7cc8c(cc7n(-c7ccccc7)c6cc54)oc4ccccc48)cc3)c2)cc1.c1ccc(-n2c3cc4oc5ccccc5c4cc3c3cc4c5ccccc5n(-c5ccc(-c6ccc7ccccc7c6)cc5)c4cc32)cc1.c1ccc(-n2c3cc4oc5ccccc5c4cc3c3cc4c5ccccc5n(-c5ccc6ccccc6c5)c4cc32)cc1. The van der Waals surface area contributed by atoms with E-state index in [0.717, 1.165) is 116 Å². The van der Waals surface area contributed by atoms with Crippen molar-refractivity contribution < 1.29 is 13.3 Å². The molecule has 0 atom stereocenters. The fourth-order valence-electron chi connectivity index (χ4n) is 23.3. The second-order valence-corrected chi connectivity index (χ2v) is 37.8. The molecule has 0 aliphatic carbocycles. The lowest BCUT2D eigenvalue weighted by Gasteiger charge is -2.11. The van der Waals surface area contributed by atoms with Gasteiger partial charge >= 0.3 is 0 Å². The highest BCUT2D eigenvalue weighted by atomic mass is 16.3. The molecular formula is C134H82N6O3. The molecule has 0 N–H and O–H groups in total. The molecule has 9 heteroatoms. The van der Waals surface area contributed by atoms with Gasteiger partial charge in [0.15, 0.2) is 0 Å². The molecule has 0 saturated heterocycles. The molecule has 0 radical (unpaired) electrons. The van der Waals surface area contributed by atoms with Crippen molar-refractivity contribution in [1.29, 1.82) is 0 Å². The number of hydrogen-bond donors (Lipinski definition) is 0. The molecule has 32 rings (SSSR count). The molecule has 32 aromatic rings. The third-order valence-corrected chi connectivity index (χ3v) is 29.8. The smallest absolute Gasteiger partial charge is 0.137 e. The van der Waals surface area contributed by atoms with E-state index in [9.17, 15) is 0 Å². The van der Waals surface area contributed by atoms with Gasteiger partial charge in [0.25, 0.3) is 0 Å². The highest BCUT2D eigenvalue weighted by molar-refractivity contribution is 6.27.